The van der Waals surface area contributed by atoms with Crippen molar-refractivity contribution >= 4 is 58.3 Å². The molecule has 0 unspecified atom stereocenters. The van der Waals surface area contributed by atoms with Crippen LogP contribution in [0, 0.1) is 0 Å². The summed E-state index contributed by atoms with van der Waals surface area (Å²) in [4.78, 5) is 0. The van der Waals surface area contributed by atoms with Crippen molar-refractivity contribution in [1.82, 2.24) is 10.6 Å². The van der Waals surface area contributed by atoms with E-state index in [9.17, 15) is 0 Å². The van der Waals surface area contributed by atoms with Crippen LogP contribution in [0.25, 0.3) is 0 Å². The van der Waals surface area contributed by atoms with Gasteiger partial charge in [-0.2, -0.15) is 0 Å². The zero-order valence-corrected chi connectivity index (χ0v) is 14.6. The maximum Gasteiger partial charge on any atom is 2.00 e. The molecule has 2 nitrogen and oxygen atoms in total. The molecule has 0 aromatic heterocycles. The molecule has 0 aliphatic rings. The number of hydrogen-bond donors (Lipinski definition) is 2. The predicted molar refractivity (Wildman–Crippen MR) is 76.3 cm³/mol. The van der Waals surface area contributed by atoms with Crippen LogP contribution in [0.1, 0.15) is 0 Å². The number of thiocarbonyl (C=S) groups is 2. The van der Waals surface area contributed by atoms with Gasteiger partial charge in [0, 0.05) is 13.1 Å². The molecule has 0 aliphatic carbocycles. The SMILES string of the molecule is C=CCNC(=S)[S-].C=CCNC(=S)[S-].[Zn+2]. The fourth-order valence-corrected chi connectivity index (χ4v) is 0.644. The molecule has 7 heteroatoms. The Morgan fingerprint density at radius 2 is 1.27 bits per heavy atom. The molecule has 80 valence electrons. The van der Waals surface area contributed by atoms with E-state index in [2.05, 4.69) is 73.5 Å². The van der Waals surface area contributed by atoms with Crippen molar-refractivity contribution in [3.05, 3.63) is 25.3 Å². The van der Waals surface area contributed by atoms with Crippen molar-refractivity contribution in [2.75, 3.05) is 13.1 Å². The molecule has 15 heavy (non-hydrogen) atoms. The Hall–Kier alpha value is 0.323. The van der Waals surface area contributed by atoms with Gasteiger partial charge in [0.1, 0.15) is 0 Å². The normalized spacial score (nSPS) is 6.93. The molecular formula is C8H12N2S4Zn. The second-order valence-corrected chi connectivity index (χ2v) is 4.06. The standard InChI is InChI=1S/2C4H7NS2.Zn/c2*1-2-3-5-4(6)7;/h2*2H,1,3H2,(H2,5,6,7);/q;;+2/p-2. The minimum atomic E-state index is 0. The van der Waals surface area contributed by atoms with E-state index in [1.807, 2.05) is 0 Å². The molecule has 0 saturated carbocycles. The van der Waals surface area contributed by atoms with Crippen LogP contribution in [-0.2, 0) is 44.7 Å². The summed E-state index contributed by atoms with van der Waals surface area (Å²) in [6.45, 7) is 8.27. The van der Waals surface area contributed by atoms with Crippen LogP contribution in [-0.4, -0.2) is 21.7 Å². The van der Waals surface area contributed by atoms with Crippen molar-refractivity contribution < 1.29 is 19.5 Å². The Morgan fingerprint density at radius 3 is 1.33 bits per heavy atom. The molecule has 0 fully saturated rings. The first-order valence-corrected chi connectivity index (χ1v) is 5.29. The topological polar surface area (TPSA) is 24.1 Å². The van der Waals surface area contributed by atoms with E-state index < -0.39 is 0 Å². The molecule has 0 bridgehead atoms. The summed E-state index contributed by atoms with van der Waals surface area (Å²) in [6.07, 6.45) is 3.41. The zero-order valence-electron chi connectivity index (χ0n) is 8.32. The Morgan fingerprint density at radius 1 is 1.00 bits per heavy atom. The van der Waals surface area contributed by atoms with Crippen LogP contribution >= 0.6 is 24.4 Å². The second-order valence-electron chi connectivity index (χ2n) is 1.91. The van der Waals surface area contributed by atoms with Crippen LogP contribution in [0.5, 0.6) is 0 Å². The largest absolute Gasteiger partial charge is 2.00 e. The van der Waals surface area contributed by atoms with Gasteiger partial charge in [0.2, 0.25) is 0 Å². The van der Waals surface area contributed by atoms with Gasteiger partial charge in [-0.25, -0.2) is 0 Å². The van der Waals surface area contributed by atoms with E-state index >= 15 is 0 Å². The first-order chi connectivity index (χ1) is 6.54. The van der Waals surface area contributed by atoms with Gasteiger partial charge in [0.05, 0.1) is 0 Å². The van der Waals surface area contributed by atoms with Crippen molar-refractivity contribution in [2.45, 2.75) is 0 Å². The molecule has 0 aliphatic heterocycles. The predicted octanol–water partition coefficient (Wildman–Crippen LogP) is 1.19. The summed E-state index contributed by atoms with van der Waals surface area (Å²) in [5.41, 5.74) is 0. The van der Waals surface area contributed by atoms with E-state index in [4.69, 9.17) is 0 Å². The number of nitrogens with one attached hydrogen (secondary N) is 2. The Kier molecular flexibility index (Phi) is 23.1. The first-order valence-electron chi connectivity index (χ1n) is 3.66. The van der Waals surface area contributed by atoms with Crippen molar-refractivity contribution in [1.29, 1.82) is 0 Å². The van der Waals surface area contributed by atoms with Crippen molar-refractivity contribution in [3.8, 4) is 0 Å². The van der Waals surface area contributed by atoms with E-state index in [0.717, 1.165) is 0 Å². The summed E-state index contributed by atoms with van der Waals surface area (Å²) in [5.74, 6) is 0. The molecule has 0 radical (unpaired) electrons. The van der Waals surface area contributed by atoms with Crippen LogP contribution in [0.2, 0.25) is 0 Å². The van der Waals surface area contributed by atoms with Gasteiger partial charge in [-0.15, -0.1) is 13.2 Å². The van der Waals surface area contributed by atoms with Gasteiger partial charge in [0.25, 0.3) is 0 Å². The second kappa shape index (κ2) is 16.7. The molecule has 2 N–H and O–H groups in total. The molecule has 0 spiro atoms. The molecular weight excluding hydrogens is 318 g/mol. The molecule has 0 aromatic carbocycles. The monoisotopic (exact) mass is 328 g/mol. The third-order valence-electron chi connectivity index (χ3n) is 0.781. The summed E-state index contributed by atoms with van der Waals surface area (Å²) >= 11 is 18.1. The third-order valence-corrected chi connectivity index (χ3v) is 1.36. The van der Waals surface area contributed by atoms with E-state index in [-0.39, 0.29) is 19.5 Å². The Balaban J connectivity index is -0.000000180. The molecule has 0 saturated heterocycles. The quantitative estimate of drug-likeness (QED) is 0.348. The number of hydrogen-bond acceptors (Lipinski definition) is 4. The van der Waals surface area contributed by atoms with Gasteiger partial charge in [0.15, 0.2) is 0 Å². The van der Waals surface area contributed by atoms with E-state index in [1.165, 1.54) is 0 Å². The van der Waals surface area contributed by atoms with Gasteiger partial charge in [-0.3, -0.25) is 0 Å². The van der Waals surface area contributed by atoms with E-state index in [0.29, 0.717) is 21.7 Å². The Bertz CT molecular complexity index is 187. The third kappa shape index (κ3) is 31.4. The summed E-state index contributed by atoms with van der Waals surface area (Å²) in [6, 6.07) is 0. The average molecular weight is 330 g/mol. The maximum absolute atomic E-state index is 4.52. The molecule has 0 aromatic rings. The summed E-state index contributed by atoms with van der Waals surface area (Å²) in [7, 11) is 0. The first kappa shape index (κ1) is 20.7. The summed E-state index contributed by atoms with van der Waals surface area (Å²) in [5, 5.41) is 5.45. The van der Waals surface area contributed by atoms with Crippen LogP contribution in [0.4, 0.5) is 0 Å². The smallest absolute Gasteiger partial charge is 0.412 e. The minimum absolute atomic E-state index is 0. The fraction of sp³-hybridized carbons (Fsp3) is 0.250. The van der Waals surface area contributed by atoms with Gasteiger partial charge >= 0.3 is 19.5 Å². The van der Waals surface area contributed by atoms with Crippen LogP contribution in [0.15, 0.2) is 25.3 Å². The van der Waals surface area contributed by atoms with Gasteiger partial charge in [-0.05, 0) is 0 Å². The van der Waals surface area contributed by atoms with Crippen molar-refractivity contribution in [2.24, 2.45) is 0 Å². The molecule has 0 atom stereocenters. The molecule has 0 heterocycles. The maximum atomic E-state index is 4.52. The van der Waals surface area contributed by atoms with Gasteiger partial charge < -0.3 is 60.3 Å². The number of rotatable bonds is 4. The van der Waals surface area contributed by atoms with Crippen molar-refractivity contribution in [3.63, 3.8) is 0 Å². The minimum Gasteiger partial charge on any atom is -0.412 e. The Labute approximate surface area is 126 Å². The van der Waals surface area contributed by atoms with E-state index in [1.54, 1.807) is 12.2 Å². The molecule has 0 rings (SSSR count). The van der Waals surface area contributed by atoms with Gasteiger partial charge in [-0.1, -0.05) is 20.8 Å². The molecule has 0 amide bonds. The van der Waals surface area contributed by atoms with Crippen LogP contribution in [0.3, 0.4) is 0 Å². The average Bonchev–Trinajstić information content (AvgIpc) is 2.12. The summed E-state index contributed by atoms with van der Waals surface area (Å²) < 4.78 is 0.805. The fourth-order valence-electron chi connectivity index (χ4n) is 0.311. The zero-order chi connectivity index (χ0) is 11.4. The van der Waals surface area contributed by atoms with Crippen LogP contribution < -0.4 is 10.6 Å².